The molecule has 2 rings (SSSR count). The van der Waals surface area contributed by atoms with Crippen molar-refractivity contribution in [2.45, 2.75) is 26.7 Å². The fourth-order valence-corrected chi connectivity index (χ4v) is 2.47. The third-order valence-corrected chi connectivity index (χ3v) is 3.87. The van der Waals surface area contributed by atoms with E-state index in [4.69, 9.17) is 0 Å². The number of aliphatic hydroxyl groups excluding tert-OH is 1. The Hall–Kier alpha value is -2.14. The summed E-state index contributed by atoms with van der Waals surface area (Å²) in [5.74, 6) is -1.45. The number of benzene rings is 1. The van der Waals surface area contributed by atoms with Crippen LogP contribution in [0.4, 0.5) is 0 Å². The van der Waals surface area contributed by atoms with Crippen LogP contribution in [0.5, 0.6) is 0 Å². The zero-order chi connectivity index (χ0) is 16.3. The second kappa shape index (κ2) is 6.32. The molecule has 22 heavy (non-hydrogen) atoms. The number of fused-ring (bicyclic) bond motifs is 1. The first-order valence-corrected chi connectivity index (χ1v) is 7.29. The molecule has 1 aromatic carbocycles. The molecule has 0 saturated heterocycles. The summed E-state index contributed by atoms with van der Waals surface area (Å²) >= 11 is 0. The Morgan fingerprint density at radius 2 is 1.91 bits per heavy atom. The molecular weight excluding hydrogens is 282 g/mol. The van der Waals surface area contributed by atoms with E-state index in [9.17, 15) is 19.8 Å². The fraction of sp³-hybridized carbons (Fsp3) is 0.412. The third-order valence-electron chi connectivity index (χ3n) is 3.87. The molecule has 1 amide bonds. The zero-order valence-electron chi connectivity index (χ0n) is 12.8. The number of carboxylic acid groups (broad SMARTS) is 1. The number of aryl methyl sites for hydroxylation is 1. The molecular formula is C17H21NO4. The molecule has 0 fully saturated rings. The highest BCUT2D eigenvalue weighted by atomic mass is 16.4. The molecule has 0 radical (unpaired) electrons. The first-order valence-electron chi connectivity index (χ1n) is 7.29. The average Bonchev–Trinajstić information content (AvgIpc) is 2.51. The number of nitrogens with one attached hydrogen (secondary N) is 1. The summed E-state index contributed by atoms with van der Waals surface area (Å²) in [5, 5.41) is 21.4. The van der Waals surface area contributed by atoms with Gasteiger partial charge in [0.25, 0.3) is 5.91 Å². The molecule has 0 aromatic heterocycles. The van der Waals surface area contributed by atoms with Crippen LogP contribution in [0.25, 0.3) is 5.57 Å². The lowest BCUT2D eigenvalue weighted by Crippen LogP contribution is -2.37. The van der Waals surface area contributed by atoms with Crippen LogP contribution in [-0.4, -0.2) is 35.2 Å². The molecule has 0 atom stereocenters. The van der Waals surface area contributed by atoms with Crippen LogP contribution >= 0.6 is 0 Å². The quantitative estimate of drug-likeness (QED) is 0.771. The largest absolute Gasteiger partial charge is 0.478 e. The minimum Gasteiger partial charge on any atom is -0.478 e. The molecule has 0 aliphatic heterocycles. The van der Waals surface area contributed by atoms with Crippen LogP contribution in [0, 0.1) is 5.41 Å². The van der Waals surface area contributed by atoms with Gasteiger partial charge in [-0.3, -0.25) is 4.79 Å². The minimum atomic E-state index is -1.05. The topological polar surface area (TPSA) is 86.6 Å². The maximum absolute atomic E-state index is 12.5. The van der Waals surface area contributed by atoms with Crippen molar-refractivity contribution < 1.29 is 19.8 Å². The van der Waals surface area contributed by atoms with Crippen molar-refractivity contribution in [3.63, 3.8) is 0 Å². The van der Waals surface area contributed by atoms with Gasteiger partial charge in [0.1, 0.15) is 0 Å². The molecule has 0 heterocycles. The molecule has 1 aromatic rings. The molecule has 1 aliphatic rings. The Balaban J connectivity index is 2.35. The number of amides is 1. The van der Waals surface area contributed by atoms with Crippen LogP contribution in [0.2, 0.25) is 0 Å². The van der Waals surface area contributed by atoms with Gasteiger partial charge < -0.3 is 15.5 Å². The van der Waals surface area contributed by atoms with Crippen LogP contribution in [0.1, 0.15) is 31.4 Å². The van der Waals surface area contributed by atoms with Crippen molar-refractivity contribution in [1.82, 2.24) is 5.32 Å². The number of hydrogen-bond donors (Lipinski definition) is 3. The molecule has 0 bridgehead atoms. The van der Waals surface area contributed by atoms with Gasteiger partial charge in [0.05, 0.1) is 11.1 Å². The van der Waals surface area contributed by atoms with Crippen molar-refractivity contribution in [3.05, 3.63) is 41.0 Å². The summed E-state index contributed by atoms with van der Waals surface area (Å²) in [6, 6.07) is 7.38. The van der Waals surface area contributed by atoms with E-state index in [1.165, 1.54) is 0 Å². The maximum Gasteiger partial charge on any atom is 0.332 e. The van der Waals surface area contributed by atoms with Crippen LogP contribution in [0.3, 0.4) is 0 Å². The standard InChI is InChI=1S/C17H21NO4/c1-17(2,10-19)9-18-15(20)14-12-6-4-3-5-11(12)7-8-13(14)16(21)22/h3-6,19H,7-10H2,1-2H3,(H,18,20)(H,21,22). The zero-order valence-corrected chi connectivity index (χ0v) is 12.8. The summed E-state index contributed by atoms with van der Waals surface area (Å²) in [5.41, 5.74) is 1.61. The van der Waals surface area contributed by atoms with E-state index in [0.29, 0.717) is 18.4 Å². The number of hydrogen-bond acceptors (Lipinski definition) is 3. The Kier molecular flexibility index (Phi) is 4.66. The Morgan fingerprint density at radius 1 is 1.23 bits per heavy atom. The predicted molar refractivity (Wildman–Crippen MR) is 83.2 cm³/mol. The molecule has 5 heteroatoms. The number of aliphatic hydroxyl groups is 1. The maximum atomic E-state index is 12.5. The minimum absolute atomic E-state index is 0.0608. The lowest BCUT2D eigenvalue weighted by molar-refractivity contribution is -0.133. The van der Waals surface area contributed by atoms with Gasteiger partial charge in [-0.1, -0.05) is 38.1 Å². The van der Waals surface area contributed by atoms with Gasteiger partial charge in [-0.05, 0) is 24.0 Å². The third kappa shape index (κ3) is 3.36. The summed E-state index contributed by atoms with van der Waals surface area (Å²) < 4.78 is 0. The first-order chi connectivity index (χ1) is 10.4. The number of carbonyl (C=O) groups excluding carboxylic acids is 1. The van der Waals surface area contributed by atoms with Gasteiger partial charge in [0.15, 0.2) is 0 Å². The molecule has 118 valence electrons. The Morgan fingerprint density at radius 3 is 2.55 bits per heavy atom. The van der Waals surface area contributed by atoms with Crippen molar-refractivity contribution in [3.8, 4) is 0 Å². The lowest BCUT2D eigenvalue weighted by Gasteiger charge is -2.25. The van der Waals surface area contributed by atoms with Gasteiger partial charge >= 0.3 is 5.97 Å². The predicted octanol–water partition coefficient (Wildman–Crippen LogP) is 1.61. The summed E-state index contributed by atoms with van der Waals surface area (Å²) in [4.78, 5) is 24.0. The Labute approximate surface area is 129 Å². The second-order valence-electron chi connectivity index (χ2n) is 6.32. The van der Waals surface area contributed by atoms with Gasteiger partial charge in [0, 0.05) is 18.6 Å². The summed E-state index contributed by atoms with van der Waals surface area (Å²) in [6.07, 6.45) is 0.967. The molecule has 1 aliphatic carbocycles. The van der Waals surface area contributed by atoms with Crippen molar-refractivity contribution in [1.29, 1.82) is 0 Å². The monoisotopic (exact) mass is 303 g/mol. The number of carboxylic acids is 1. The number of aliphatic carboxylic acids is 1. The van der Waals surface area contributed by atoms with Crippen molar-refractivity contribution >= 4 is 17.4 Å². The van der Waals surface area contributed by atoms with E-state index in [0.717, 1.165) is 5.56 Å². The highest BCUT2D eigenvalue weighted by Crippen LogP contribution is 2.31. The second-order valence-corrected chi connectivity index (χ2v) is 6.32. The SMILES string of the molecule is CC(C)(CO)CNC(=O)C1=C(C(=O)O)CCc2ccccc21. The van der Waals surface area contributed by atoms with Gasteiger partial charge in [0.2, 0.25) is 0 Å². The smallest absolute Gasteiger partial charge is 0.332 e. The van der Waals surface area contributed by atoms with Gasteiger partial charge in [-0.25, -0.2) is 4.79 Å². The van der Waals surface area contributed by atoms with Crippen molar-refractivity contribution in [2.75, 3.05) is 13.2 Å². The van der Waals surface area contributed by atoms with E-state index in [1.807, 2.05) is 26.0 Å². The molecule has 0 saturated carbocycles. The van der Waals surface area contributed by atoms with E-state index >= 15 is 0 Å². The normalized spacial score (nSPS) is 14.5. The van der Waals surface area contributed by atoms with Crippen LogP contribution in [-0.2, 0) is 16.0 Å². The first kappa shape index (κ1) is 16.2. The van der Waals surface area contributed by atoms with E-state index in [1.54, 1.807) is 12.1 Å². The molecule has 0 unspecified atom stereocenters. The highest BCUT2D eigenvalue weighted by molar-refractivity contribution is 6.25. The average molecular weight is 303 g/mol. The van der Waals surface area contributed by atoms with E-state index in [-0.39, 0.29) is 24.3 Å². The molecule has 5 nitrogen and oxygen atoms in total. The number of rotatable bonds is 5. The van der Waals surface area contributed by atoms with Gasteiger partial charge in [-0.2, -0.15) is 0 Å². The molecule has 3 N–H and O–H groups in total. The fourth-order valence-electron chi connectivity index (χ4n) is 2.47. The summed E-state index contributed by atoms with van der Waals surface area (Å²) in [6.45, 7) is 3.87. The Bertz CT molecular complexity index is 631. The highest BCUT2D eigenvalue weighted by Gasteiger charge is 2.28. The van der Waals surface area contributed by atoms with Crippen LogP contribution < -0.4 is 5.32 Å². The van der Waals surface area contributed by atoms with Crippen molar-refractivity contribution in [2.24, 2.45) is 5.41 Å². The summed E-state index contributed by atoms with van der Waals surface area (Å²) in [7, 11) is 0. The van der Waals surface area contributed by atoms with E-state index < -0.39 is 17.3 Å². The molecule has 0 spiro atoms. The van der Waals surface area contributed by atoms with Gasteiger partial charge in [-0.15, -0.1) is 0 Å². The number of carbonyl (C=O) groups is 2. The van der Waals surface area contributed by atoms with E-state index in [2.05, 4.69) is 5.32 Å². The lowest BCUT2D eigenvalue weighted by atomic mass is 9.85. The van der Waals surface area contributed by atoms with Crippen LogP contribution in [0.15, 0.2) is 29.8 Å².